The van der Waals surface area contributed by atoms with Crippen LogP contribution in [0.5, 0.6) is 0 Å². The highest BCUT2D eigenvalue weighted by atomic mass is 15.1. The highest BCUT2D eigenvalue weighted by Crippen LogP contribution is 2.06. The third kappa shape index (κ3) is 4.96. The first-order valence-electron chi connectivity index (χ1n) is 6.03. The van der Waals surface area contributed by atoms with Gasteiger partial charge in [-0.15, -0.1) is 0 Å². The molecule has 0 aromatic carbocycles. The maximum atomic E-state index is 4.37. The van der Waals surface area contributed by atoms with Gasteiger partial charge >= 0.3 is 0 Å². The van der Waals surface area contributed by atoms with Crippen LogP contribution in [0.15, 0.2) is 12.3 Å². The molecule has 1 rings (SSSR count). The molecule has 0 amide bonds. The van der Waals surface area contributed by atoms with Gasteiger partial charge in [0.15, 0.2) is 0 Å². The van der Waals surface area contributed by atoms with Crippen LogP contribution in [-0.2, 0) is 0 Å². The van der Waals surface area contributed by atoms with Crippen LogP contribution < -0.4 is 10.6 Å². The number of aromatic nitrogens is 2. The molecule has 0 radical (unpaired) electrons. The smallest absolute Gasteiger partial charge is 0.224 e. The lowest BCUT2D eigenvalue weighted by atomic mass is 10.1. The summed E-state index contributed by atoms with van der Waals surface area (Å²) in [6, 6.07) is 1.89. The van der Waals surface area contributed by atoms with Crippen molar-refractivity contribution in [3.8, 4) is 0 Å². The SMILES string of the molecule is CCCNc1ccnc(NCCC(C)C)n1. The summed E-state index contributed by atoms with van der Waals surface area (Å²) < 4.78 is 0. The molecule has 90 valence electrons. The van der Waals surface area contributed by atoms with Gasteiger partial charge in [-0.3, -0.25) is 0 Å². The normalized spacial score (nSPS) is 10.5. The third-order valence-electron chi connectivity index (χ3n) is 2.22. The zero-order valence-corrected chi connectivity index (χ0v) is 10.5. The lowest BCUT2D eigenvalue weighted by Gasteiger charge is -2.08. The van der Waals surface area contributed by atoms with Crippen molar-refractivity contribution in [3.05, 3.63) is 12.3 Å². The Hall–Kier alpha value is -1.32. The van der Waals surface area contributed by atoms with E-state index in [1.165, 1.54) is 0 Å². The van der Waals surface area contributed by atoms with E-state index in [9.17, 15) is 0 Å². The molecule has 0 aliphatic carbocycles. The number of nitrogens with one attached hydrogen (secondary N) is 2. The highest BCUT2D eigenvalue weighted by Gasteiger charge is 1.98. The van der Waals surface area contributed by atoms with E-state index in [1.807, 2.05) is 6.07 Å². The number of anilines is 2. The van der Waals surface area contributed by atoms with Crippen LogP contribution in [0.1, 0.15) is 33.6 Å². The van der Waals surface area contributed by atoms with E-state index in [-0.39, 0.29) is 0 Å². The van der Waals surface area contributed by atoms with E-state index in [4.69, 9.17) is 0 Å². The fraction of sp³-hybridized carbons (Fsp3) is 0.667. The van der Waals surface area contributed by atoms with Gasteiger partial charge in [0.2, 0.25) is 5.95 Å². The Morgan fingerprint density at radius 2 is 2.06 bits per heavy atom. The van der Waals surface area contributed by atoms with Crippen molar-refractivity contribution in [1.82, 2.24) is 9.97 Å². The van der Waals surface area contributed by atoms with Crippen LogP contribution in [-0.4, -0.2) is 23.1 Å². The molecular formula is C12H22N4. The van der Waals surface area contributed by atoms with Gasteiger partial charge in [0, 0.05) is 19.3 Å². The Bertz CT molecular complexity index is 299. The van der Waals surface area contributed by atoms with Crippen LogP contribution >= 0.6 is 0 Å². The number of hydrogen-bond acceptors (Lipinski definition) is 4. The first-order valence-corrected chi connectivity index (χ1v) is 6.03. The largest absolute Gasteiger partial charge is 0.370 e. The topological polar surface area (TPSA) is 49.8 Å². The molecule has 0 atom stereocenters. The van der Waals surface area contributed by atoms with Crippen LogP contribution in [0.25, 0.3) is 0 Å². The van der Waals surface area contributed by atoms with Gasteiger partial charge in [-0.2, -0.15) is 4.98 Å². The third-order valence-corrected chi connectivity index (χ3v) is 2.22. The molecule has 0 aliphatic rings. The molecule has 0 bridgehead atoms. The van der Waals surface area contributed by atoms with Crippen molar-refractivity contribution in [3.63, 3.8) is 0 Å². The predicted molar refractivity (Wildman–Crippen MR) is 68.8 cm³/mol. The average Bonchev–Trinajstić information content (AvgIpc) is 2.26. The quantitative estimate of drug-likeness (QED) is 0.745. The molecule has 1 aromatic heterocycles. The van der Waals surface area contributed by atoms with E-state index in [0.29, 0.717) is 11.9 Å². The summed E-state index contributed by atoms with van der Waals surface area (Å²) in [4.78, 5) is 8.56. The molecule has 0 aliphatic heterocycles. The molecule has 0 fully saturated rings. The average molecular weight is 222 g/mol. The standard InChI is InChI=1S/C12H22N4/c1-4-7-13-11-6-9-15-12(16-11)14-8-5-10(2)3/h6,9-10H,4-5,7-8H2,1-3H3,(H2,13,14,15,16). The van der Waals surface area contributed by atoms with Gasteiger partial charge in [0.05, 0.1) is 0 Å². The molecule has 0 spiro atoms. The van der Waals surface area contributed by atoms with Gasteiger partial charge in [-0.05, 0) is 24.8 Å². The summed E-state index contributed by atoms with van der Waals surface area (Å²) in [5.41, 5.74) is 0. The van der Waals surface area contributed by atoms with Gasteiger partial charge in [-0.1, -0.05) is 20.8 Å². The molecule has 2 N–H and O–H groups in total. The lowest BCUT2D eigenvalue weighted by Crippen LogP contribution is -2.09. The second-order valence-electron chi connectivity index (χ2n) is 4.30. The molecule has 0 saturated heterocycles. The van der Waals surface area contributed by atoms with Crippen molar-refractivity contribution >= 4 is 11.8 Å². The first-order chi connectivity index (χ1) is 7.72. The molecule has 4 heteroatoms. The molecular weight excluding hydrogens is 200 g/mol. The molecule has 1 heterocycles. The summed E-state index contributed by atoms with van der Waals surface area (Å²) >= 11 is 0. The number of rotatable bonds is 7. The monoisotopic (exact) mass is 222 g/mol. The van der Waals surface area contributed by atoms with Crippen LogP contribution in [0.3, 0.4) is 0 Å². The van der Waals surface area contributed by atoms with E-state index in [1.54, 1.807) is 6.20 Å². The second-order valence-corrected chi connectivity index (χ2v) is 4.30. The zero-order valence-electron chi connectivity index (χ0n) is 10.5. The van der Waals surface area contributed by atoms with Crippen molar-refractivity contribution in [1.29, 1.82) is 0 Å². The van der Waals surface area contributed by atoms with Gasteiger partial charge < -0.3 is 10.6 Å². The molecule has 0 unspecified atom stereocenters. The van der Waals surface area contributed by atoms with Crippen LogP contribution in [0, 0.1) is 5.92 Å². The minimum Gasteiger partial charge on any atom is -0.370 e. The van der Waals surface area contributed by atoms with Crippen LogP contribution in [0.4, 0.5) is 11.8 Å². The summed E-state index contributed by atoms with van der Waals surface area (Å²) in [5.74, 6) is 2.31. The summed E-state index contributed by atoms with van der Waals surface area (Å²) in [7, 11) is 0. The van der Waals surface area contributed by atoms with Crippen LogP contribution in [0.2, 0.25) is 0 Å². The maximum Gasteiger partial charge on any atom is 0.224 e. The molecule has 0 saturated carbocycles. The maximum absolute atomic E-state index is 4.37. The van der Waals surface area contributed by atoms with E-state index >= 15 is 0 Å². The number of nitrogens with zero attached hydrogens (tertiary/aromatic N) is 2. The zero-order chi connectivity index (χ0) is 11.8. The van der Waals surface area contributed by atoms with E-state index in [0.717, 1.165) is 31.7 Å². The predicted octanol–water partition coefficient (Wildman–Crippen LogP) is 2.76. The molecule has 16 heavy (non-hydrogen) atoms. The molecule has 1 aromatic rings. The Labute approximate surface area is 97.9 Å². The van der Waals surface area contributed by atoms with Crippen molar-refractivity contribution in [2.45, 2.75) is 33.6 Å². The Morgan fingerprint density at radius 3 is 2.75 bits per heavy atom. The lowest BCUT2D eigenvalue weighted by molar-refractivity contribution is 0.606. The fourth-order valence-corrected chi connectivity index (χ4v) is 1.27. The van der Waals surface area contributed by atoms with Gasteiger partial charge in [-0.25, -0.2) is 4.98 Å². The Balaban J connectivity index is 2.40. The minimum absolute atomic E-state index is 0.703. The summed E-state index contributed by atoms with van der Waals surface area (Å²) in [6.07, 6.45) is 4.01. The van der Waals surface area contributed by atoms with Crippen molar-refractivity contribution < 1.29 is 0 Å². The van der Waals surface area contributed by atoms with Gasteiger partial charge in [0.1, 0.15) is 5.82 Å². The van der Waals surface area contributed by atoms with E-state index < -0.39 is 0 Å². The highest BCUT2D eigenvalue weighted by molar-refractivity contribution is 5.39. The minimum atomic E-state index is 0.703. The fourth-order valence-electron chi connectivity index (χ4n) is 1.27. The Morgan fingerprint density at radius 1 is 1.25 bits per heavy atom. The summed E-state index contributed by atoms with van der Waals surface area (Å²) in [5, 5.41) is 6.47. The van der Waals surface area contributed by atoms with Crippen molar-refractivity contribution in [2.24, 2.45) is 5.92 Å². The summed E-state index contributed by atoms with van der Waals surface area (Å²) in [6.45, 7) is 8.43. The molecule has 4 nitrogen and oxygen atoms in total. The van der Waals surface area contributed by atoms with Crippen molar-refractivity contribution in [2.75, 3.05) is 23.7 Å². The number of hydrogen-bond donors (Lipinski definition) is 2. The first kappa shape index (κ1) is 12.7. The Kier molecular flexibility index (Phi) is 5.61. The second kappa shape index (κ2) is 7.04. The van der Waals surface area contributed by atoms with Gasteiger partial charge in [0.25, 0.3) is 0 Å². The van der Waals surface area contributed by atoms with E-state index in [2.05, 4.69) is 41.4 Å².